The maximum absolute atomic E-state index is 3.22. The topological polar surface area (TPSA) is 158 Å². The Kier molecular flexibility index (Phi) is 2920. The molecule has 0 atom stereocenters. The molecular formula is H13NaO5S2. The fourth-order valence-electron chi connectivity index (χ4n) is 0. The van der Waals surface area contributed by atoms with E-state index in [0.29, 0.717) is 0 Å². The number of thiol groups is 2. The van der Waals surface area contributed by atoms with Gasteiger partial charge in [0.25, 0.3) is 0 Å². The van der Waals surface area contributed by atoms with Crippen molar-refractivity contribution in [2.45, 2.75) is 0 Å². The summed E-state index contributed by atoms with van der Waals surface area (Å²) in [4.78, 5) is 0. The molecule has 0 aliphatic heterocycles. The summed E-state index contributed by atoms with van der Waals surface area (Å²) in [5.74, 6) is 0. The zero-order valence-corrected chi connectivity index (χ0v) is 5.18. The summed E-state index contributed by atoms with van der Waals surface area (Å²) in [6.45, 7) is 0. The van der Waals surface area contributed by atoms with Crippen LogP contribution >= 0.6 is 23.3 Å². The molecule has 0 rings (SSSR count). The minimum absolute atomic E-state index is 0. The molecule has 0 aliphatic carbocycles. The van der Waals surface area contributed by atoms with Crippen molar-refractivity contribution in [3.05, 3.63) is 0 Å². The second-order valence-corrected chi connectivity index (χ2v) is 0. The summed E-state index contributed by atoms with van der Waals surface area (Å²) in [5.41, 5.74) is 0. The molecule has 0 bridgehead atoms. The molecule has 0 aromatic heterocycles. The summed E-state index contributed by atoms with van der Waals surface area (Å²) in [7, 11) is 0. The molecule has 10 N–H and O–H groups in total. The van der Waals surface area contributed by atoms with Crippen LogP contribution in [0.4, 0.5) is 0 Å². The van der Waals surface area contributed by atoms with Gasteiger partial charge in [-0.2, -0.15) is 0 Å². The van der Waals surface area contributed by atoms with E-state index in [4.69, 9.17) is 0 Å². The summed E-state index contributed by atoms with van der Waals surface area (Å²) < 4.78 is 0. The molecule has 5 nitrogen and oxygen atoms in total. The van der Waals surface area contributed by atoms with E-state index in [2.05, 4.69) is 23.3 Å². The van der Waals surface area contributed by atoms with Crippen LogP contribution in [-0.2, 0) is 0 Å². The molecular weight excluding hydrogens is 167 g/mol. The summed E-state index contributed by atoms with van der Waals surface area (Å²) in [6.07, 6.45) is 0. The van der Waals surface area contributed by atoms with Crippen molar-refractivity contribution in [1.82, 2.24) is 0 Å². The normalized spacial score (nSPS) is 0.750. The van der Waals surface area contributed by atoms with Gasteiger partial charge in [0.2, 0.25) is 0 Å². The van der Waals surface area contributed by atoms with Gasteiger partial charge in [-0.3, -0.25) is 0 Å². The van der Waals surface area contributed by atoms with Crippen LogP contribution in [0.25, 0.3) is 0 Å². The molecule has 0 fully saturated rings. The van der Waals surface area contributed by atoms with Gasteiger partial charge in [0, 0.05) is 0 Å². The van der Waals surface area contributed by atoms with Gasteiger partial charge < -0.3 is 27.4 Å². The molecule has 0 radical (unpaired) electrons. The maximum atomic E-state index is 3.22. The first-order valence-electron chi connectivity index (χ1n) is 0.200. The molecule has 0 spiro atoms. The van der Waals surface area contributed by atoms with Crippen LogP contribution in [0.5, 0.6) is 0 Å². The molecule has 0 aromatic carbocycles. The van der Waals surface area contributed by atoms with E-state index < -0.39 is 0 Å². The van der Waals surface area contributed by atoms with Crippen molar-refractivity contribution >= 4 is 52.9 Å². The van der Waals surface area contributed by atoms with E-state index in [-0.39, 0.29) is 56.9 Å². The van der Waals surface area contributed by atoms with Crippen LogP contribution in [0.3, 0.4) is 0 Å². The standard InChI is InChI=1S/Na.5H2O.H2S2.H/c;;;;;;1-2;/h;5*1H2;1-2H;. The molecule has 0 amide bonds. The summed E-state index contributed by atoms with van der Waals surface area (Å²) in [6, 6.07) is 0. The average molecular weight is 180 g/mol. The fraction of sp³-hybridized carbons (Fsp3) is 0. The van der Waals surface area contributed by atoms with E-state index >= 15 is 0 Å². The van der Waals surface area contributed by atoms with Gasteiger partial charge in [-0.25, -0.2) is 0 Å². The molecule has 0 aromatic rings. The van der Waals surface area contributed by atoms with Gasteiger partial charge >= 0.3 is 29.6 Å². The molecule has 0 heterocycles. The van der Waals surface area contributed by atoms with E-state index in [9.17, 15) is 0 Å². The van der Waals surface area contributed by atoms with E-state index in [1.54, 1.807) is 0 Å². The number of hydrogen-bond donors (Lipinski definition) is 2. The van der Waals surface area contributed by atoms with Crippen molar-refractivity contribution in [3.63, 3.8) is 0 Å². The molecule has 0 aliphatic rings. The zero-order chi connectivity index (χ0) is 2.00. The van der Waals surface area contributed by atoms with E-state index in [1.807, 2.05) is 0 Å². The summed E-state index contributed by atoms with van der Waals surface area (Å²) >= 11 is 6.44. The fourth-order valence-corrected chi connectivity index (χ4v) is 0. The first-order valence-corrected chi connectivity index (χ1v) is 1.80. The first kappa shape index (κ1) is 110. The van der Waals surface area contributed by atoms with E-state index in [1.165, 1.54) is 0 Å². The van der Waals surface area contributed by atoms with Gasteiger partial charge in [0.1, 0.15) is 0 Å². The second-order valence-electron chi connectivity index (χ2n) is 0. The quantitative estimate of drug-likeness (QED) is 0.211. The molecule has 56 valence electrons. The van der Waals surface area contributed by atoms with Crippen LogP contribution < -0.4 is 0 Å². The number of rotatable bonds is 0. The Morgan fingerprint density at radius 1 is 0.500 bits per heavy atom. The van der Waals surface area contributed by atoms with Crippen LogP contribution in [0.1, 0.15) is 0 Å². The Bertz CT molecular complexity index is 10.4. The first-order chi connectivity index (χ1) is 1.00. The molecule has 8 heteroatoms. The predicted molar refractivity (Wildman–Crippen MR) is 43.2 cm³/mol. The van der Waals surface area contributed by atoms with Gasteiger partial charge in [-0.15, -0.1) is 23.3 Å². The third-order valence-electron chi connectivity index (χ3n) is 0. The van der Waals surface area contributed by atoms with Gasteiger partial charge in [-0.05, 0) is 0 Å². The van der Waals surface area contributed by atoms with Gasteiger partial charge in [0.05, 0.1) is 0 Å². The Hall–Kier alpha value is 1.50. The Labute approximate surface area is 79.9 Å². The number of hydrogen-bond acceptors (Lipinski definition) is 2. The van der Waals surface area contributed by atoms with Gasteiger partial charge in [-0.1, -0.05) is 0 Å². The van der Waals surface area contributed by atoms with Crippen molar-refractivity contribution in [1.29, 1.82) is 0 Å². The SMILES string of the molecule is O.O.O.O.O.SS.[NaH]. The molecule has 0 saturated heterocycles. The van der Waals surface area contributed by atoms with Crippen molar-refractivity contribution in [2.24, 2.45) is 0 Å². The molecule has 8 heavy (non-hydrogen) atoms. The average Bonchev–Trinajstić information content (AvgIpc) is 1.00. The molecule has 0 unspecified atom stereocenters. The van der Waals surface area contributed by atoms with Crippen molar-refractivity contribution in [3.8, 4) is 0 Å². The Balaban J connectivity index is -0.000000000333. The van der Waals surface area contributed by atoms with Gasteiger partial charge in [0.15, 0.2) is 0 Å². The van der Waals surface area contributed by atoms with E-state index in [0.717, 1.165) is 0 Å². The zero-order valence-electron chi connectivity index (χ0n) is 3.39. The predicted octanol–water partition coefficient (Wildman–Crippen LogP) is -4.01. The third kappa shape index (κ3) is 141. The van der Waals surface area contributed by atoms with Crippen molar-refractivity contribution in [2.75, 3.05) is 0 Å². The Morgan fingerprint density at radius 2 is 0.500 bits per heavy atom. The summed E-state index contributed by atoms with van der Waals surface area (Å²) in [5, 5.41) is 0. The monoisotopic (exact) mass is 180 g/mol. The third-order valence-corrected chi connectivity index (χ3v) is 0. The minimum atomic E-state index is 0. The second kappa shape index (κ2) is 212. The van der Waals surface area contributed by atoms with Crippen LogP contribution in [0.15, 0.2) is 0 Å². The van der Waals surface area contributed by atoms with Crippen LogP contribution in [0, 0.1) is 0 Å². The Morgan fingerprint density at radius 3 is 0.500 bits per heavy atom. The van der Waals surface area contributed by atoms with Crippen molar-refractivity contribution < 1.29 is 27.4 Å². The molecule has 0 saturated carbocycles. The van der Waals surface area contributed by atoms with Crippen LogP contribution in [0.2, 0.25) is 0 Å². The van der Waals surface area contributed by atoms with Crippen LogP contribution in [-0.4, -0.2) is 56.9 Å².